The van der Waals surface area contributed by atoms with Gasteiger partial charge in [-0.1, -0.05) is 30.1 Å². The van der Waals surface area contributed by atoms with Crippen LogP contribution in [0, 0.1) is 0 Å². The Morgan fingerprint density at radius 3 is 2.67 bits per heavy atom. The summed E-state index contributed by atoms with van der Waals surface area (Å²) in [5.74, 6) is 0.536. The third kappa shape index (κ3) is 4.14. The van der Waals surface area contributed by atoms with E-state index < -0.39 is 10.0 Å². The number of hydrogen-bond acceptors (Lipinski definition) is 4. The molecular formula is C13H14Cl2N2O3S. The van der Waals surface area contributed by atoms with Gasteiger partial charge in [-0.25, -0.2) is 0 Å². The number of sulfonamides is 1. The molecule has 1 aromatic heterocycles. The highest BCUT2D eigenvalue weighted by atomic mass is 35.5. The van der Waals surface area contributed by atoms with Gasteiger partial charge in [-0.05, 0) is 36.9 Å². The number of benzene rings is 1. The van der Waals surface area contributed by atoms with E-state index in [9.17, 15) is 8.42 Å². The van der Waals surface area contributed by atoms with Crippen LogP contribution in [-0.2, 0) is 16.6 Å². The molecule has 0 radical (unpaired) electrons. The van der Waals surface area contributed by atoms with Crippen LogP contribution in [0.3, 0.4) is 0 Å². The molecule has 0 amide bonds. The van der Waals surface area contributed by atoms with Gasteiger partial charge in [0, 0.05) is 5.02 Å². The van der Waals surface area contributed by atoms with Crippen LogP contribution in [0.4, 0.5) is 5.69 Å². The normalized spacial score (nSPS) is 11.6. The zero-order valence-corrected chi connectivity index (χ0v) is 13.5. The van der Waals surface area contributed by atoms with E-state index in [1.165, 1.54) is 18.2 Å². The molecule has 21 heavy (non-hydrogen) atoms. The highest BCUT2D eigenvalue weighted by molar-refractivity contribution is 7.92. The van der Waals surface area contributed by atoms with E-state index in [4.69, 9.17) is 27.6 Å². The number of furan rings is 1. The van der Waals surface area contributed by atoms with E-state index in [1.807, 2.05) is 6.92 Å². The van der Waals surface area contributed by atoms with Crippen molar-refractivity contribution in [1.82, 2.24) is 5.32 Å². The molecule has 2 rings (SSSR count). The molecule has 0 spiro atoms. The van der Waals surface area contributed by atoms with Gasteiger partial charge in [-0.3, -0.25) is 4.72 Å². The topological polar surface area (TPSA) is 71.3 Å². The Bertz CT molecular complexity index is 729. The van der Waals surface area contributed by atoms with Gasteiger partial charge in [0.25, 0.3) is 10.0 Å². The van der Waals surface area contributed by atoms with E-state index in [2.05, 4.69) is 10.0 Å². The average molecular weight is 349 g/mol. The van der Waals surface area contributed by atoms with Crippen LogP contribution in [0.25, 0.3) is 0 Å². The van der Waals surface area contributed by atoms with Gasteiger partial charge in [0.1, 0.15) is 5.76 Å². The molecule has 0 saturated heterocycles. The van der Waals surface area contributed by atoms with Crippen LogP contribution in [-0.4, -0.2) is 15.0 Å². The van der Waals surface area contributed by atoms with E-state index in [1.54, 1.807) is 12.1 Å². The van der Waals surface area contributed by atoms with Gasteiger partial charge in [0.15, 0.2) is 0 Å². The van der Waals surface area contributed by atoms with Crippen molar-refractivity contribution >= 4 is 38.9 Å². The first-order chi connectivity index (χ1) is 9.92. The lowest BCUT2D eigenvalue weighted by Gasteiger charge is -2.08. The molecule has 0 saturated carbocycles. The molecule has 114 valence electrons. The van der Waals surface area contributed by atoms with Crippen LogP contribution >= 0.6 is 23.2 Å². The van der Waals surface area contributed by atoms with E-state index >= 15 is 0 Å². The molecule has 0 aliphatic heterocycles. The maximum Gasteiger partial charge on any atom is 0.295 e. The summed E-state index contributed by atoms with van der Waals surface area (Å²) in [4.78, 5) is 0. The molecule has 0 aliphatic carbocycles. The fourth-order valence-electron chi connectivity index (χ4n) is 1.62. The molecule has 1 heterocycles. The lowest BCUT2D eigenvalue weighted by molar-refractivity contribution is 0.405. The fourth-order valence-corrected chi connectivity index (χ4v) is 3.03. The highest BCUT2D eigenvalue weighted by Crippen LogP contribution is 2.28. The second kappa shape index (κ2) is 6.70. The van der Waals surface area contributed by atoms with Crippen LogP contribution in [0.15, 0.2) is 39.8 Å². The summed E-state index contributed by atoms with van der Waals surface area (Å²) in [6.45, 7) is 3.17. The Morgan fingerprint density at radius 1 is 1.19 bits per heavy atom. The number of hydrogen-bond donors (Lipinski definition) is 2. The molecule has 0 aliphatic rings. The summed E-state index contributed by atoms with van der Waals surface area (Å²) in [6, 6.07) is 7.53. The maximum atomic E-state index is 12.2. The quantitative estimate of drug-likeness (QED) is 0.837. The van der Waals surface area contributed by atoms with Crippen LogP contribution < -0.4 is 10.0 Å². The van der Waals surface area contributed by atoms with Crippen LogP contribution in [0.1, 0.15) is 12.7 Å². The number of nitrogens with one attached hydrogen (secondary N) is 2. The number of halogens is 2. The van der Waals surface area contributed by atoms with E-state index in [0.29, 0.717) is 17.3 Å². The van der Waals surface area contributed by atoms with E-state index in [0.717, 1.165) is 6.54 Å². The molecule has 0 atom stereocenters. The maximum absolute atomic E-state index is 12.2. The highest BCUT2D eigenvalue weighted by Gasteiger charge is 2.20. The first-order valence-corrected chi connectivity index (χ1v) is 8.43. The lowest BCUT2D eigenvalue weighted by atomic mass is 10.3. The van der Waals surface area contributed by atoms with Crippen molar-refractivity contribution in [2.24, 2.45) is 0 Å². The smallest absolute Gasteiger partial charge is 0.295 e. The molecule has 0 unspecified atom stereocenters. The number of rotatable bonds is 6. The summed E-state index contributed by atoms with van der Waals surface area (Å²) >= 11 is 11.8. The fraction of sp³-hybridized carbons (Fsp3) is 0.231. The zero-order valence-electron chi connectivity index (χ0n) is 11.2. The Morgan fingerprint density at radius 2 is 1.95 bits per heavy atom. The Kier molecular flexibility index (Phi) is 5.16. The summed E-state index contributed by atoms with van der Waals surface area (Å²) in [7, 11) is -3.84. The predicted molar refractivity (Wildman–Crippen MR) is 83.4 cm³/mol. The second-order valence-electron chi connectivity index (χ2n) is 4.23. The van der Waals surface area contributed by atoms with Crippen molar-refractivity contribution in [3.63, 3.8) is 0 Å². The Hall–Kier alpha value is -1.21. The van der Waals surface area contributed by atoms with Crippen molar-refractivity contribution in [2.75, 3.05) is 11.3 Å². The van der Waals surface area contributed by atoms with E-state index in [-0.39, 0.29) is 15.8 Å². The molecular weight excluding hydrogens is 335 g/mol. The molecule has 0 fully saturated rings. The minimum absolute atomic E-state index is 0.175. The van der Waals surface area contributed by atoms with Gasteiger partial charge in [-0.2, -0.15) is 8.42 Å². The van der Waals surface area contributed by atoms with Crippen molar-refractivity contribution in [3.8, 4) is 0 Å². The Balaban J connectivity index is 2.22. The van der Waals surface area contributed by atoms with Crippen molar-refractivity contribution in [1.29, 1.82) is 0 Å². The van der Waals surface area contributed by atoms with Gasteiger partial charge in [-0.15, -0.1) is 0 Å². The average Bonchev–Trinajstić information content (AvgIpc) is 2.90. The van der Waals surface area contributed by atoms with Crippen molar-refractivity contribution in [3.05, 3.63) is 46.1 Å². The first-order valence-electron chi connectivity index (χ1n) is 6.19. The monoisotopic (exact) mass is 348 g/mol. The summed E-state index contributed by atoms with van der Waals surface area (Å²) in [5, 5.41) is 3.50. The third-order valence-corrected chi connectivity index (χ3v) is 4.43. The Labute approximate surface area is 133 Å². The van der Waals surface area contributed by atoms with Crippen molar-refractivity contribution < 1.29 is 12.8 Å². The van der Waals surface area contributed by atoms with Gasteiger partial charge in [0.05, 0.1) is 17.3 Å². The molecule has 2 aromatic rings. The van der Waals surface area contributed by atoms with Crippen LogP contribution in [0.5, 0.6) is 0 Å². The molecule has 2 N–H and O–H groups in total. The molecule has 1 aromatic carbocycles. The van der Waals surface area contributed by atoms with Crippen molar-refractivity contribution in [2.45, 2.75) is 18.6 Å². The second-order valence-corrected chi connectivity index (χ2v) is 6.69. The summed E-state index contributed by atoms with van der Waals surface area (Å²) in [5.41, 5.74) is 0.203. The lowest BCUT2D eigenvalue weighted by Crippen LogP contribution is -2.13. The molecule has 0 bridgehead atoms. The zero-order chi connectivity index (χ0) is 15.5. The minimum atomic E-state index is -3.84. The number of anilines is 1. The van der Waals surface area contributed by atoms with Gasteiger partial charge in [0.2, 0.25) is 5.09 Å². The molecule has 8 heteroatoms. The summed E-state index contributed by atoms with van der Waals surface area (Å²) < 4.78 is 32.1. The molecule has 5 nitrogen and oxygen atoms in total. The predicted octanol–water partition coefficient (Wildman–Crippen LogP) is 3.50. The van der Waals surface area contributed by atoms with Crippen LogP contribution in [0.2, 0.25) is 10.0 Å². The first kappa shape index (κ1) is 16.2. The third-order valence-electron chi connectivity index (χ3n) is 2.62. The standard InChI is InChI=1S/C13H14Cl2N2O3S/c1-2-16-8-10-4-6-13(20-10)21(18,19)17-12-7-9(14)3-5-11(12)15/h3-7,16-17H,2,8H2,1H3. The SMILES string of the molecule is CCNCc1ccc(S(=O)(=O)Nc2cc(Cl)ccc2Cl)o1. The minimum Gasteiger partial charge on any atom is -0.446 e. The van der Waals surface area contributed by atoms with Gasteiger partial charge < -0.3 is 9.73 Å². The summed E-state index contributed by atoms with van der Waals surface area (Å²) in [6.07, 6.45) is 0. The van der Waals surface area contributed by atoms with Gasteiger partial charge >= 0.3 is 0 Å². The largest absolute Gasteiger partial charge is 0.446 e.